The van der Waals surface area contributed by atoms with Gasteiger partial charge in [-0.15, -0.1) is 11.3 Å². The van der Waals surface area contributed by atoms with Crippen LogP contribution in [0.5, 0.6) is 0 Å². The molecule has 4 heteroatoms. The van der Waals surface area contributed by atoms with Crippen LogP contribution >= 0.6 is 11.3 Å². The first kappa shape index (κ1) is 15.4. The van der Waals surface area contributed by atoms with Crippen LogP contribution in [0.2, 0.25) is 0 Å². The fourth-order valence-electron chi connectivity index (χ4n) is 4.17. The summed E-state index contributed by atoms with van der Waals surface area (Å²) in [5.41, 5.74) is 0.390. The van der Waals surface area contributed by atoms with E-state index in [2.05, 4.69) is 48.3 Å². The van der Waals surface area contributed by atoms with Gasteiger partial charge < -0.3 is 5.32 Å². The lowest BCUT2D eigenvalue weighted by atomic mass is 9.85. The summed E-state index contributed by atoms with van der Waals surface area (Å²) in [5, 5.41) is 7.27. The molecule has 1 aliphatic heterocycles. The molecule has 1 saturated heterocycles. The number of hydrogen-bond donors (Lipinski definition) is 1. The lowest BCUT2D eigenvalue weighted by molar-refractivity contribution is -0.0194. The van der Waals surface area contributed by atoms with Crippen molar-refractivity contribution in [3.63, 3.8) is 0 Å². The molecule has 2 fully saturated rings. The van der Waals surface area contributed by atoms with Crippen molar-refractivity contribution >= 4 is 11.3 Å². The van der Waals surface area contributed by atoms with Crippen LogP contribution in [-0.4, -0.2) is 34.6 Å². The second-order valence-electron chi connectivity index (χ2n) is 7.70. The van der Waals surface area contributed by atoms with Gasteiger partial charge in [0.05, 0.1) is 5.54 Å². The fourth-order valence-corrected chi connectivity index (χ4v) is 4.95. The second-order valence-corrected chi connectivity index (χ2v) is 8.60. The summed E-state index contributed by atoms with van der Waals surface area (Å²) < 4.78 is 0. The minimum absolute atomic E-state index is 0.0286. The fraction of sp³-hybridized carbons (Fsp3) is 0.824. The summed E-state index contributed by atoms with van der Waals surface area (Å²) >= 11 is 1.80. The molecule has 3 rings (SSSR count). The standard InChI is InChI=1S/C17H29N3S/c1-13(2)14-11-19-17(7-5-6-8-17)12-20(14)16(3,4)15-18-9-10-21-15/h9-10,13-14,19H,5-8,11-12H2,1-4H3. The van der Waals surface area contributed by atoms with Gasteiger partial charge in [-0.1, -0.05) is 26.7 Å². The molecule has 1 unspecified atom stereocenters. The van der Waals surface area contributed by atoms with E-state index in [9.17, 15) is 0 Å². The Morgan fingerprint density at radius 1 is 1.38 bits per heavy atom. The Hall–Kier alpha value is -0.450. The molecular weight excluding hydrogens is 278 g/mol. The molecule has 1 aliphatic carbocycles. The SMILES string of the molecule is CC(C)C1CNC2(CCCC2)CN1C(C)(C)c1nccs1. The topological polar surface area (TPSA) is 28.2 Å². The van der Waals surface area contributed by atoms with E-state index in [1.807, 2.05) is 6.20 Å². The van der Waals surface area contributed by atoms with Crippen molar-refractivity contribution < 1.29 is 0 Å². The van der Waals surface area contributed by atoms with Crippen molar-refractivity contribution in [2.24, 2.45) is 5.92 Å². The van der Waals surface area contributed by atoms with Crippen molar-refractivity contribution in [2.45, 2.75) is 70.5 Å². The minimum Gasteiger partial charge on any atom is -0.308 e. The molecule has 118 valence electrons. The highest BCUT2D eigenvalue weighted by molar-refractivity contribution is 7.09. The summed E-state index contributed by atoms with van der Waals surface area (Å²) in [4.78, 5) is 7.38. The summed E-state index contributed by atoms with van der Waals surface area (Å²) in [7, 11) is 0. The van der Waals surface area contributed by atoms with E-state index in [1.54, 1.807) is 11.3 Å². The smallest absolute Gasteiger partial charge is 0.112 e. The highest BCUT2D eigenvalue weighted by Gasteiger charge is 2.47. The van der Waals surface area contributed by atoms with Gasteiger partial charge in [0.1, 0.15) is 5.01 Å². The van der Waals surface area contributed by atoms with E-state index in [-0.39, 0.29) is 5.54 Å². The number of piperazine rings is 1. The molecule has 1 N–H and O–H groups in total. The van der Waals surface area contributed by atoms with Gasteiger partial charge in [0.2, 0.25) is 0 Å². The molecule has 1 aromatic heterocycles. The Morgan fingerprint density at radius 2 is 2.10 bits per heavy atom. The van der Waals surface area contributed by atoms with Crippen LogP contribution in [0.15, 0.2) is 11.6 Å². The van der Waals surface area contributed by atoms with Gasteiger partial charge in [0.15, 0.2) is 0 Å². The summed E-state index contributed by atoms with van der Waals surface area (Å²) in [5.74, 6) is 0.662. The van der Waals surface area contributed by atoms with Crippen molar-refractivity contribution in [1.82, 2.24) is 15.2 Å². The second kappa shape index (κ2) is 5.64. The molecule has 2 aliphatic rings. The zero-order valence-corrected chi connectivity index (χ0v) is 14.7. The molecule has 1 atom stereocenters. The van der Waals surface area contributed by atoms with Gasteiger partial charge in [-0.3, -0.25) is 4.90 Å². The lowest BCUT2D eigenvalue weighted by Gasteiger charge is -2.53. The number of rotatable bonds is 3. The van der Waals surface area contributed by atoms with Gasteiger partial charge in [0.25, 0.3) is 0 Å². The van der Waals surface area contributed by atoms with Crippen LogP contribution < -0.4 is 5.32 Å². The molecule has 2 heterocycles. The van der Waals surface area contributed by atoms with Crippen LogP contribution in [0.25, 0.3) is 0 Å². The summed E-state index contributed by atoms with van der Waals surface area (Å²) in [6.45, 7) is 11.7. The maximum atomic E-state index is 4.63. The molecule has 0 aromatic carbocycles. The van der Waals surface area contributed by atoms with E-state index in [0.717, 1.165) is 6.54 Å². The number of thiazole rings is 1. The summed E-state index contributed by atoms with van der Waals surface area (Å²) in [6, 6.07) is 0.593. The van der Waals surface area contributed by atoms with Crippen LogP contribution in [0.3, 0.4) is 0 Å². The highest BCUT2D eigenvalue weighted by Crippen LogP contribution is 2.40. The molecule has 1 aromatic rings. The quantitative estimate of drug-likeness (QED) is 0.924. The van der Waals surface area contributed by atoms with E-state index >= 15 is 0 Å². The zero-order valence-electron chi connectivity index (χ0n) is 13.9. The third-order valence-electron chi connectivity index (χ3n) is 5.56. The molecule has 0 radical (unpaired) electrons. The van der Waals surface area contributed by atoms with E-state index < -0.39 is 0 Å². The minimum atomic E-state index is 0.0286. The number of aromatic nitrogens is 1. The lowest BCUT2D eigenvalue weighted by Crippen LogP contribution is -2.67. The maximum absolute atomic E-state index is 4.63. The predicted octanol–water partition coefficient (Wildman–Crippen LogP) is 3.62. The Balaban J connectivity index is 1.90. The van der Waals surface area contributed by atoms with Gasteiger partial charge in [-0.2, -0.15) is 0 Å². The predicted molar refractivity (Wildman–Crippen MR) is 89.7 cm³/mol. The highest BCUT2D eigenvalue weighted by atomic mass is 32.1. The Bertz CT molecular complexity index is 460. The number of nitrogens with zero attached hydrogens (tertiary/aromatic N) is 2. The normalized spacial score (nSPS) is 26.8. The number of nitrogens with one attached hydrogen (secondary N) is 1. The summed E-state index contributed by atoms with van der Waals surface area (Å²) in [6.07, 6.45) is 7.37. The Morgan fingerprint density at radius 3 is 2.67 bits per heavy atom. The van der Waals surface area contributed by atoms with Crippen LogP contribution in [0.4, 0.5) is 0 Å². The molecule has 3 nitrogen and oxygen atoms in total. The first-order valence-electron chi connectivity index (χ1n) is 8.36. The van der Waals surface area contributed by atoms with Gasteiger partial charge in [-0.05, 0) is 32.6 Å². The van der Waals surface area contributed by atoms with Crippen LogP contribution in [0.1, 0.15) is 58.4 Å². The van der Waals surface area contributed by atoms with Crippen molar-refractivity contribution in [2.75, 3.05) is 13.1 Å². The molecule has 1 saturated carbocycles. The molecular formula is C17H29N3S. The van der Waals surface area contributed by atoms with Gasteiger partial charge >= 0.3 is 0 Å². The average molecular weight is 308 g/mol. The van der Waals surface area contributed by atoms with E-state index in [4.69, 9.17) is 0 Å². The van der Waals surface area contributed by atoms with Gasteiger partial charge in [0, 0.05) is 36.2 Å². The molecule has 21 heavy (non-hydrogen) atoms. The van der Waals surface area contributed by atoms with Crippen LogP contribution in [-0.2, 0) is 5.54 Å². The molecule has 1 spiro atoms. The largest absolute Gasteiger partial charge is 0.308 e. The monoisotopic (exact) mass is 307 g/mol. The average Bonchev–Trinajstić information content (AvgIpc) is 3.10. The zero-order chi connectivity index (χ0) is 15.1. The van der Waals surface area contributed by atoms with Crippen molar-refractivity contribution in [3.05, 3.63) is 16.6 Å². The third kappa shape index (κ3) is 2.78. The first-order chi connectivity index (χ1) is 9.95. The van der Waals surface area contributed by atoms with Gasteiger partial charge in [-0.25, -0.2) is 4.98 Å². The molecule has 0 amide bonds. The Kier molecular flexibility index (Phi) is 4.15. The third-order valence-corrected chi connectivity index (χ3v) is 6.65. The van der Waals surface area contributed by atoms with Crippen molar-refractivity contribution in [1.29, 1.82) is 0 Å². The van der Waals surface area contributed by atoms with Crippen LogP contribution in [0, 0.1) is 5.92 Å². The first-order valence-corrected chi connectivity index (χ1v) is 9.24. The number of hydrogen-bond acceptors (Lipinski definition) is 4. The van der Waals surface area contributed by atoms with E-state index in [1.165, 1.54) is 37.2 Å². The maximum Gasteiger partial charge on any atom is 0.112 e. The Labute approximate surface area is 133 Å². The molecule has 0 bridgehead atoms. The van der Waals surface area contributed by atoms with Crippen molar-refractivity contribution in [3.8, 4) is 0 Å². The van der Waals surface area contributed by atoms with E-state index in [0.29, 0.717) is 17.5 Å².